The molecule has 1 aliphatic carbocycles. The standard InChI is InChI=1S/C14H19NO/c1-3-13(16)11-6-4-5-7-12(11)14(15-2)10-8-9-10/h4-7,10,14-15H,3,8-9H2,1-2H3. The van der Waals surface area contributed by atoms with Crippen molar-refractivity contribution in [2.24, 2.45) is 5.92 Å². The Morgan fingerprint density at radius 1 is 1.44 bits per heavy atom. The summed E-state index contributed by atoms with van der Waals surface area (Å²) in [6, 6.07) is 8.36. The van der Waals surface area contributed by atoms with Crippen molar-refractivity contribution in [3.05, 3.63) is 35.4 Å². The highest BCUT2D eigenvalue weighted by molar-refractivity contribution is 5.97. The quantitative estimate of drug-likeness (QED) is 0.768. The number of rotatable bonds is 5. The molecule has 2 nitrogen and oxygen atoms in total. The normalized spacial score (nSPS) is 17.1. The van der Waals surface area contributed by atoms with E-state index in [-0.39, 0.29) is 5.78 Å². The molecule has 1 aliphatic rings. The fraction of sp³-hybridized carbons (Fsp3) is 0.500. The van der Waals surface area contributed by atoms with Gasteiger partial charge in [0.15, 0.2) is 5.78 Å². The van der Waals surface area contributed by atoms with E-state index in [1.54, 1.807) is 0 Å². The van der Waals surface area contributed by atoms with Crippen LogP contribution < -0.4 is 5.32 Å². The van der Waals surface area contributed by atoms with Crippen molar-refractivity contribution in [1.82, 2.24) is 5.32 Å². The highest BCUT2D eigenvalue weighted by Crippen LogP contribution is 2.41. The summed E-state index contributed by atoms with van der Waals surface area (Å²) < 4.78 is 0. The first-order valence-corrected chi connectivity index (χ1v) is 6.07. The van der Waals surface area contributed by atoms with E-state index in [2.05, 4.69) is 11.4 Å². The maximum atomic E-state index is 11.9. The molecule has 0 radical (unpaired) electrons. The van der Waals surface area contributed by atoms with Gasteiger partial charge < -0.3 is 5.32 Å². The molecule has 2 rings (SSSR count). The molecule has 1 saturated carbocycles. The SMILES string of the molecule is CCC(=O)c1ccccc1C(NC)C1CC1. The Balaban J connectivity index is 2.34. The molecule has 2 heteroatoms. The molecular formula is C14H19NO. The third-order valence-electron chi connectivity index (χ3n) is 3.32. The number of ketones is 1. The predicted octanol–water partition coefficient (Wildman–Crippen LogP) is 2.95. The second kappa shape index (κ2) is 4.79. The third kappa shape index (κ3) is 2.17. The van der Waals surface area contributed by atoms with Crippen molar-refractivity contribution in [3.8, 4) is 0 Å². The number of carbonyl (C=O) groups excluding carboxylic acids is 1. The third-order valence-corrected chi connectivity index (χ3v) is 3.32. The van der Waals surface area contributed by atoms with E-state index >= 15 is 0 Å². The maximum absolute atomic E-state index is 11.9. The van der Waals surface area contributed by atoms with Crippen molar-refractivity contribution in [3.63, 3.8) is 0 Å². The molecule has 1 fully saturated rings. The second-order valence-electron chi connectivity index (χ2n) is 4.47. The van der Waals surface area contributed by atoms with Crippen LogP contribution in [0, 0.1) is 5.92 Å². The Morgan fingerprint density at radius 2 is 2.12 bits per heavy atom. The van der Waals surface area contributed by atoms with Crippen molar-refractivity contribution >= 4 is 5.78 Å². The van der Waals surface area contributed by atoms with Crippen LogP contribution in [0.3, 0.4) is 0 Å². The van der Waals surface area contributed by atoms with Crippen molar-refractivity contribution in [2.75, 3.05) is 7.05 Å². The molecule has 0 aromatic heterocycles. The molecule has 0 aliphatic heterocycles. The zero-order valence-electron chi connectivity index (χ0n) is 9.99. The molecule has 0 heterocycles. The van der Waals surface area contributed by atoms with Crippen LogP contribution in [-0.2, 0) is 0 Å². The Bertz CT molecular complexity index is 382. The van der Waals surface area contributed by atoms with Crippen LogP contribution in [0.5, 0.6) is 0 Å². The average molecular weight is 217 g/mol. The molecule has 0 bridgehead atoms. The minimum atomic E-state index is 0.247. The van der Waals surface area contributed by atoms with Gasteiger partial charge in [-0.05, 0) is 31.4 Å². The number of hydrogen-bond acceptors (Lipinski definition) is 2. The second-order valence-corrected chi connectivity index (χ2v) is 4.47. The molecule has 1 unspecified atom stereocenters. The largest absolute Gasteiger partial charge is 0.313 e. The Morgan fingerprint density at radius 3 is 2.69 bits per heavy atom. The predicted molar refractivity (Wildman–Crippen MR) is 65.6 cm³/mol. The molecule has 0 amide bonds. The van der Waals surface area contributed by atoms with E-state index in [1.165, 1.54) is 18.4 Å². The summed E-state index contributed by atoms with van der Waals surface area (Å²) in [6.45, 7) is 1.92. The van der Waals surface area contributed by atoms with E-state index in [4.69, 9.17) is 0 Å². The number of Topliss-reactive ketones (excluding diaryl/α,β-unsaturated/α-hetero) is 1. The summed E-state index contributed by atoms with van der Waals surface area (Å²) in [6.07, 6.45) is 3.14. The highest BCUT2D eigenvalue weighted by atomic mass is 16.1. The number of benzene rings is 1. The summed E-state index contributed by atoms with van der Waals surface area (Å²) >= 11 is 0. The van der Waals surface area contributed by atoms with Gasteiger partial charge in [0.1, 0.15) is 0 Å². The zero-order chi connectivity index (χ0) is 11.5. The summed E-state index contributed by atoms with van der Waals surface area (Å²) in [5, 5.41) is 3.35. The summed E-state index contributed by atoms with van der Waals surface area (Å²) in [5.74, 6) is 0.965. The molecule has 1 aromatic carbocycles. The van der Waals surface area contributed by atoms with Gasteiger partial charge >= 0.3 is 0 Å². The van der Waals surface area contributed by atoms with Gasteiger partial charge in [-0.2, -0.15) is 0 Å². The minimum absolute atomic E-state index is 0.247. The monoisotopic (exact) mass is 217 g/mol. The van der Waals surface area contributed by atoms with Gasteiger partial charge in [0.25, 0.3) is 0 Å². The van der Waals surface area contributed by atoms with E-state index in [9.17, 15) is 4.79 Å². The first-order chi connectivity index (χ1) is 7.77. The Labute approximate surface area is 97.1 Å². The number of carbonyl (C=O) groups is 1. The van der Waals surface area contributed by atoms with Crippen LogP contribution in [0.4, 0.5) is 0 Å². The molecule has 1 aromatic rings. The summed E-state index contributed by atoms with van der Waals surface area (Å²) in [4.78, 5) is 11.9. The van der Waals surface area contributed by atoms with Crippen LogP contribution in [0.25, 0.3) is 0 Å². The lowest BCUT2D eigenvalue weighted by atomic mass is 9.94. The van der Waals surface area contributed by atoms with Gasteiger partial charge in [0.2, 0.25) is 0 Å². The van der Waals surface area contributed by atoms with Crippen LogP contribution in [0.1, 0.15) is 48.1 Å². The van der Waals surface area contributed by atoms with Crippen LogP contribution in [0.2, 0.25) is 0 Å². The van der Waals surface area contributed by atoms with Gasteiger partial charge in [-0.25, -0.2) is 0 Å². The minimum Gasteiger partial charge on any atom is -0.313 e. The lowest BCUT2D eigenvalue weighted by molar-refractivity contribution is 0.0986. The van der Waals surface area contributed by atoms with Gasteiger partial charge in [-0.3, -0.25) is 4.79 Å². The first-order valence-electron chi connectivity index (χ1n) is 6.07. The van der Waals surface area contributed by atoms with Crippen LogP contribution in [0.15, 0.2) is 24.3 Å². The van der Waals surface area contributed by atoms with E-state index < -0.39 is 0 Å². The number of nitrogens with one attached hydrogen (secondary N) is 1. The van der Waals surface area contributed by atoms with Crippen LogP contribution >= 0.6 is 0 Å². The Kier molecular flexibility index (Phi) is 3.39. The van der Waals surface area contributed by atoms with Gasteiger partial charge in [-0.15, -0.1) is 0 Å². The van der Waals surface area contributed by atoms with Crippen molar-refractivity contribution in [1.29, 1.82) is 0 Å². The molecule has 16 heavy (non-hydrogen) atoms. The van der Waals surface area contributed by atoms with E-state index in [0.29, 0.717) is 12.5 Å². The average Bonchev–Trinajstić information content (AvgIpc) is 3.14. The zero-order valence-corrected chi connectivity index (χ0v) is 9.99. The van der Waals surface area contributed by atoms with Gasteiger partial charge in [0.05, 0.1) is 0 Å². The van der Waals surface area contributed by atoms with Gasteiger partial charge in [-0.1, -0.05) is 31.2 Å². The molecule has 1 N–H and O–H groups in total. The molecular weight excluding hydrogens is 198 g/mol. The van der Waals surface area contributed by atoms with Gasteiger partial charge in [0, 0.05) is 18.0 Å². The van der Waals surface area contributed by atoms with E-state index in [1.807, 2.05) is 32.2 Å². The lowest BCUT2D eigenvalue weighted by Crippen LogP contribution is -2.21. The van der Waals surface area contributed by atoms with Crippen molar-refractivity contribution in [2.45, 2.75) is 32.2 Å². The molecule has 0 saturated heterocycles. The smallest absolute Gasteiger partial charge is 0.162 e. The summed E-state index contributed by atoms with van der Waals surface area (Å²) in [5.41, 5.74) is 2.08. The van der Waals surface area contributed by atoms with E-state index in [0.717, 1.165) is 11.5 Å². The lowest BCUT2D eigenvalue weighted by Gasteiger charge is -2.18. The maximum Gasteiger partial charge on any atom is 0.162 e. The van der Waals surface area contributed by atoms with Crippen molar-refractivity contribution < 1.29 is 4.79 Å². The molecule has 0 spiro atoms. The van der Waals surface area contributed by atoms with Crippen LogP contribution in [-0.4, -0.2) is 12.8 Å². The fourth-order valence-corrected chi connectivity index (χ4v) is 2.29. The summed E-state index contributed by atoms with van der Waals surface area (Å²) in [7, 11) is 1.98. The topological polar surface area (TPSA) is 29.1 Å². The fourth-order valence-electron chi connectivity index (χ4n) is 2.29. The Hall–Kier alpha value is -1.15. The molecule has 1 atom stereocenters. The molecule has 86 valence electrons. The first kappa shape index (κ1) is 11.3. The highest BCUT2D eigenvalue weighted by Gasteiger charge is 2.32. The number of hydrogen-bond donors (Lipinski definition) is 1.